The Morgan fingerprint density at radius 3 is 0.826 bits per heavy atom. The lowest BCUT2D eigenvalue weighted by molar-refractivity contribution is -0.301. The average Bonchev–Trinajstić information content (AvgIpc) is 3.41. The van der Waals surface area contributed by atoms with Crippen molar-refractivity contribution in [3.8, 4) is 0 Å². The molecule has 0 bridgehead atoms. The maximum Gasteiger partial charge on any atom is 0.168 e. The van der Waals surface area contributed by atoms with Crippen molar-refractivity contribution in [1.29, 1.82) is 0 Å². The Morgan fingerprint density at radius 1 is 0.377 bits per heavy atom. The number of hydrogen-bond acceptors (Lipinski definition) is 3. The van der Waals surface area contributed by atoms with Crippen LogP contribution in [-0.4, -0.2) is 23.5 Å². The van der Waals surface area contributed by atoms with Gasteiger partial charge in [0.25, 0.3) is 0 Å². The van der Waals surface area contributed by atoms with Gasteiger partial charge in [-0.2, -0.15) is 0 Å². The molecule has 0 fully saturated rings. The second kappa shape index (κ2) is 24.3. The summed E-state index contributed by atoms with van der Waals surface area (Å²) in [5.41, 5.74) is 0. The van der Waals surface area contributed by atoms with E-state index >= 15 is 0 Å². The molecule has 9 aromatic rings. The van der Waals surface area contributed by atoms with Crippen molar-refractivity contribution in [3.63, 3.8) is 0 Å². The lowest BCUT2D eigenvalue weighted by Crippen LogP contribution is -2.35. The summed E-state index contributed by atoms with van der Waals surface area (Å²) in [5.74, 6) is 4.32. The zero-order chi connectivity index (χ0) is 48.4. The lowest BCUT2D eigenvalue weighted by atomic mass is 10.4. The first kappa shape index (κ1) is 49.9. The zero-order valence-electron chi connectivity index (χ0n) is 39.4. The van der Waals surface area contributed by atoms with E-state index in [1.165, 1.54) is 47.7 Å². The fraction of sp³-hybridized carbons (Fsp3) is 0.0635. The van der Waals surface area contributed by atoms with E-state index in [4.69, 9.17) is 0 Å². The molecule has 3 nitrogen and oxygen atoms in total. The van der Waals surface area contributed by atoms with E-state index in [0.29, 0.717) is 6.16 Å². The Morgan fingerprint density at radius 2 is 0.609 bits per heavy atom. The number of ketones is 2. The van der Waals surface area contributed by atoms with E-state index in [-0.39, 0.29) is 17.3 Å². The highest BCUT2D eigenvalue weighted by Gasteiger charge is 2.46. The van der Waals surface area contributed by atoms with Crippen molar-refractivity contribution in [2.24, 2.45) is 0 Å². The average molecular weight is 956 g/mol. The number of allylic oxidation sites excluding steroid dienone is 1. The third-order valence-corrected chi connectivity index (χ3v) is 24.4. The fourth-order valence-electron chi connectivity index (χ4n) is 8.97. The van der Waals surface area contributed by atoms with E-state index in [9.17, 15) is 14.7 Å². The van der Waals surface area contributed by atoms with Gasteiger partial charge >= 0.3 is 0 Å². The predicted molar refractivity (Wildman–Crippen MR) is 301 cm³/mol. The summed E-state index contributed by atoms with van der Waals surface area (Å²) in [7, 11) is -4.04. The van der Waals surface area contributed by atoms with E-state index < -0.39 is 21.4 Å². The fourth-order valence-corrected chi connectivity index (χ4v) is 20.8. The quantitative estimate of drug-likeness (QED) is 0.0855. The lowest BCUT2D eigenvalue weighted by Gasteiger charge is -2.28. The smallest absolute Gasteiger partial charge is 0.168 e. The third-order valence-electron chi connectivity index (χ3n) is 11.8. The van der Waals surface area contributed by atoms with Crippen LogP contribution in [0.15, 0.2) is 285 Å². The van der Waals surface area contributed by atoms with Crippen molar-refractivity contribution in [2.75, 3.05) is 6.16 Å². The summed E-state index contributed by atoms with van der Waals surface area (Å²) >= 11 is 0. The van der Waals surface area contributed by atoms with E-state index in [1.54, 1.807) is 20.8 Å². The summed E-state index contributed by atoms with van der Waals surface area (Å²) in [6.45, 7) is 2.90. The Labute approximate surface area is 410 Å². The first-order valence-corrected chi connectivity index (χ1v) is 28.8. The first-order chi connectivity index (χ1) is 33.7. The van der Waals surface area contributed by atoms with Crippen LogP contribution in [0, 0.1) is 0 Å². The SMILES string of the molecule is C/C([O-])=C/[P+](c1ccccc1)(c1ccccc1)c1ccccc1.CC(=O)C=P(c1ccccc1)(c1ccccc1)c1ccccc1.CC(=O)C[P+](c1ccccc1)(c1ccccc1)c1ccccc1. The van der Waals surface area contributed by atoms with E-state index in [2.05, 4.69) is 146 Å². The van der Waals surface area contributed by atoms with Gasteiger partial charge in [0.2, 0.25) is 0 Å². The van der Waals surface area contributed by atoms with Gasteiger partial charge in [-0.3, -0.25) is 9.59 Å². The van der Waals surface area contributed by atoms with Gasteiger partial charge in [-0.1, -0.05) is 213 Å². The molecular weight excluding hydrogens is 898 g/mol. The standard InChI is InChI=1S/C21H20OP.2C21H19OP/c3*1-18(22)17-23(19-11-5-2-6-12-19,20-13-7-3-8-14-20)21-15-9-4-10-16-21/h2-16H,17H2,1H3;2*2-17H,1H3/q+1;;/b;18-17-;. The topological polar surface area (TPSA) is 57.2 Å². The van der Waals surface area contributed by atoms with E-state index in [1.807, 2.05) is 139 Å². The minimum absolute atomic E-state index is 0.106. The van der Waals surface area contributed by atoms with Crippen LogP contribution >= 0.6 is 21.4 Å². The summed E-state index contributed by atoms with van der Waals surface area (Å²) in [6, 6.07) is 93.7. The molecule has 0 atom stereocenters. The molecule has 0 unspecified atom stereocenters. The Balaban J connectivity index is 0.000000153. The van der Waals surface area contributed by atoms with Crippen molar-refractivity contribution in [3.05, 3.63) is 285 Å². The number of Topliss-reactive ketones (excluding diaryl/α,β-unsaturated/α-hetero) is 2. The predicted octanol–water partition coefficient (Wildman–Crippen LogP) is 10.1. The number of carbonyl (C=O) groups excluding carboxylic acids is 2. The van der Waals surface area contributed by atoms with Gasteiger partial charge in [-0.25, -0.2) is 0 Å². The summed E-state index contributed by atoms with van der Waals surface area (Å²) in [4.78, 5) is 24.4. The minimum atomic E-state index is -2.08. The monoisotopic (exact) mass is 955 g/mol. The highest BCUT2D eigenvalue weighted by Crippen LogP contribution is 2.57. The number of hydrogen-bond donors (Lipinski definition) is 0. The molecule has 69 heavy (non-hydrogen) atoms. The molecule has 0 radical (unpaired) electrons. The van der Waals surface area contributed by atoms with Crippen LogP contribution in [0.1, 0.15) is 20.8 Å². The molecule has 9 aromatic carbocycles. The molecular formula is C63H58O3P3+. The van der Waals surface area contributed by atoms with Crippen LogP contribution in [0.5, 0.6) is 0 Å². The summed E-state index contributed by atoms with van der Waals surface area (Å²) in [6.07, 6.45) is 0.561. The van der Waals surface area contributed by atoms with Crippen molar-refractivity contribution >= 4 is 86.5 Å². The van der Waals surface area contributed by atoms with Gasteiger partial charge in [0.1, 0.15) is 52.5 Å². The molecule has 0 aromatic heterocycles. The Kier molecular flexibility index (Phi) is 17.6. The Bertz CT molecular complexity index is 2760. The Hall–Kier alpha value is -6.98. The van der Waals surface area contributed by atoms with Gasteiger partial charge in [-0.15, -0.1) is 0 Å². The highest BCUT2D eigenvalue weighted by atomic mass is 31.2. The molecule has 9 rings (SSSR count). The molecule has 342 valence electrons. The maximum absolute atomic E-state index is 12.2. The zero-order valence-corrected chi connectivity index (χ0v) is 42.1. The van der Waals surface area contributed by atoms with Gasteiger partial charge < -0.3 is 5.11 Å². The molecule has 0 aliphatic rings. The first-order valence-electron chi connectivity index (χ1n) is 23.1. The molecule has 0 heterocycles. The maximum atomic E-state index is 12.2. The number of benzene rings is 9. The van der Waals surface area contributed by atoms with Crippen molar-refractivity contribution in [1.82, 2.24) is 0 Å². The van der Waals surface area contributed by atoms with Gasteiger partial charge in [0.15, 0.2) is 11.6 Å². The molecule has 6 heteroatoms. The summed E-state index contributed by atoms with van der Waals surface area (Å²) < 4.78 is 0. The number of carbonyl (C=O) groups is 2. The van der Waals surface area contributed by atoms with Crippen LogP contribution < -0.4 is 52.8 Å². The van der Waals surface area contributed by atoms with Gasteiger partial charge in [-0.05, 0) is 115 Å². The molecule has 0 N–H and O–H groups in total. The molecule has 0 amide bonds. The normalized spacial score (nSPS) is 11.4. The number of rotatable bonds is 13. The summed E-state index contributed by atoms with van der Waals surface area (Å²) in [5, 5.41) is 23.1. The molecule has 0 saturated carbocycles. The van der Waals surface area contributed by atoms with Crippen LogP contribution in [0.3, 0.4) is 0 Å². The third kappa shape index (κ3) is 11.8. The largest absolute Gasteiger partial charge is 0.873 e. The second-order valence-electron chi connectivity index (χ2n) is 16.6. The van der Waals surface area contributed by atoms with Crippen LogP contribution in [0.2, 0.25) is 0 Å². The molecule has 0 aliphatic heterocycles. The molecule has 0 saturated heterocycles. The molecule has 0 spiro atoms. The van der Waals surface area contributed by atoms with Crippen LogP contribution in [0.4, 0.5) is 0 Å². The van der Waals surface area contributed by atoms with E-state index in [0.717, 1.165) is 0 Å². The highest BCUT2D eigenvalue weighted by molar-refractivity contribution is 7.98. The van der Waals surface area contributed by atoms with Gasteiger partial charge in [0, 0.05) is 0 Å². The van der Waals surface area contributed by atoms with Crippen molar-refractivity contribution in [2.45, 2.75) is 20.8 Å². The van der Waals surface area contributed by atoms with Crippen LogP contribution in [-0.2, 0) is 9.59 Å². The minimum Gasteiger partial charge on any atom is -0.873 e. The molecule has 0 aliphatic carbocycles. The van der Waals surface area contributed by atoms with Gasteiger partial charge in [0.05, 0.1) is 5.82 Å². The second-order valence-corrected chi connectivity index (χ2v) is 26.6. The van der Waals surface area contributed by atoms with Crippen LogP contribution in [0.25, 0.3) is 0 Å². The van der Waals surface area contributed by atoms with Crippen molar-refractivity contribution < 1.29 is 14.7 Å².